The van der Waals surface area contributed by atoms with Crippen molar-refractivity contribution in [1.29, 1.82) is 0 Å². The van der Waals surface area contributed by atoms with Crippen LogP contribution in [0.5, 0.6) is 0 Å². The average Bonchev–Trinajstić information content (AvgIpc) is 2.09. The molecule has 16 heavy (non-hydrogen) atoms. The van der Waals surface area contributed by atoms with Crippen molar-refractivity contribution >= 4 is 0 Å². The van der Waals surface area contributed by atoms with E-state index in [-0.39, 0.29) is 11.1 Å². The summed E-state index contributed by atoms with van der Waals surface area (Å²) in [6.07, 6.45) is 3.73. The minimum atomic E-state index is 0.259. The lowest BCUT2D eigenvalue weighted by molar-refractivity contribution is 0.144. The highest BCUT2D eigenvalue weighted by Crippen LogP contribution is 2.28. The molecule has 0 radical (unpaired) electrons. The summed E-state index contributed by atoms with van der Waals surface area (Å²) in [6.45, 7) is 15.0. The van der Waals surface area contributed by atoms with Gasteiger partial charge < -0.3 is 10.6 Å². The van der Waals surface area contributed by atoms with Gasteiger partial charge in [0.05, 0.1) is 0 Å². The van der Waals surface area contributed by atoms with Crippen molar-refractivity contribution in [3.8, 4) is 0 Å². The fourth-order valence-electron chi connectivity index (χ4n) is 2.98. The maximum atomic E-state index is 3.74. The van der Waals surface area contributed by atoms with E-state index in [0.717, 1.165) is 12.5 Å². The Labute approximate surface area is 102 Å². The maximum absolute atomic E-state index is 3.74. The van der Waals surface area contributed by atoms with Gasteiger partial charge in [0.15, 0.2) is 0 Å². The van der Waals surface area contributed by atoms with Gasteiger partial charge in [-0.2, -0.15) is 0 Å². The molecule has 2 heteroatoms. The monoisotopic (exact) mass is 226 g/mol. The molecule has 1 aliphatic heterocycles. The third-order valence-electron chi connectivity index (χ3n) is 3.64. The summed E-state index contributed by atoms with van der Waals surface area (Å²) in [7, 11) is 0. The van der Waals surface area contributed by atoms with Gasteiger partial charge in [-0.05, 0) is 53.0 Å². The van der Waals surface area contributed by atoms with Crippen molar-refractivity contribution in [2.75, 3.05) is 6.54 Å². The van der Waals surface area contributed by atoms with Crippen LogP contribution in [0.15, 0.2) is 0 Å². The molecule has 1 aliphatic rings. The molecule has 1 heterocycles. The summed E-state index contributed by atoms with van der Waals surface area (Å²) in [4.78, 5) is 0. The van der Waals surface area contributed by atoms with Crippen LogP contribution in [-0.4, -0.2) is 23.7 Å². The molecule has 0 aliphatic carbocycles. The second-order valence-corrected chi connectivity index (χ2v) is 6.92. The summed E-state index contributed by atoms with van der Waals surface area (Å²) in [6, 6.07) is 0.667. The van der Waals surface area contributed by atoms with Crippen molar-refractivity contribution in [2.24, 2.45) is 5.92 Å². The van der Waals surface area contributed by atoms with Gasteiger partial charge in [-0.3, -0.25) is 0 Å². The first-order valence-electron chi connectivity index (χ1n) is 6.77. The SMILES string of the molecule is CCC(C)CNC1CC(C)(C)NC(C)(C)C1. The van der Waals surface area contributed by atoms with Crippen LogP contribution < -0.4 is 10.6 Å². The first-order chi connectivity index (χ1) is 7.24. The van der Waals surface area contributed by atoms with E-state index >= 15 is 0 Å². The van der Waals surface area contributed by atoms with E-state index in [1.165, 1.54) is 19.3 Å². The molecule has 0 aromatic heterocycles. The summed E-state index contributed by atoms with van der Waals surface area (Å²) >= 11 is 0. The zero-order chi connectivity index (χ0) is 12.4. The quantitative estimate of drug-likeness (QED) is 0.770. The van der Waals surface area contributed by atoms with Gasteiger partial charge in [0.2, 0.25) is 0 Å². The normalized spacial score (nSPS) is 26.6. The molecule has 0 amide bonds. The fourth-order valence-corrected chi connectivity index (χ4v) is 2.98. The molecule has 0 bridgehead atoms. The molecule has 1 saturated heterocycles. The van der Waals surface area contributed by atoms with Gasteiger partial charge in [0.25, 0.3) is 0 Å². The Hall–Kier alpha value is -0.0800. The van der Waals surface area contributed by atoms with Crippen LogP contribution in [-0.2, 0) is 0 Å². The average molecular weight is 226 g/mol. The van der Waals surface area contributed by atoms with Crippen LogP contribution in [0.4, 0.5) is 0 Å². The van der Waals surface area contributed by atoms with E-state index in [1.807, 2.05) is 0 Å². The smallest absolute Gasteiger partial charge is 0.0144 e. The van der Waals surface area contributed by atoms with E-state index in [4.69, 9.17) is 0 Å². The summed E-state index contributed by atoms with van der Waals surface area (Å²) in [5.41, 5.74) is 0.518. The molecule has 0 aromatic carbocycles. The molecule has 0 aromatic rings. The summed E-state index contributed by atoms with van der Waals surface area (Å²) in [5, 5.41) is 7.47. The highest BCUT2D eigenvalue weighted by Gasteiger charge is 2.37. The van der Waals surface area contributed by atoms with Crippen molar-refractivity contribution < 1.29 is 0 Å². The van der Waals surface area contributed by atoms with Crippen LogP contribution in [0.25, 0.3) is 0 Å². The van der Waals surface area contributed by atoms with E-state index in [9.17, 15) is 0 Å². The van der Waals surface area contributed by atoms with Gasteiger partial charge in [-0.25, -0.2) is 0 Å². The minimum absolute atomic E-state index is 0.259. The van der Waals surface area contributed by atoms with E-state index in [1.54, 1.807) is 0 Å². The molecule has 2 nitrogen and oxygen atoms in total. The Bertz CT molecular complexity index is 205. The van der Waals surface area contributed by atoms with Gasteiger partial charge in [0.1, 0.15) is 0 Å². The third kappa shape index (κ3) is 4.42. The number of piperidine rings is 1. The molecule has 1 atom stereocenters. The maximum Gasteiger partial charge on any atom is 0.0144 e. The largest absolute Gasteiger partial charge is 0.314 e. The Kier molecular flexibility index (Phi) is 4.42. The summed E-state index contributed by atoms with van der Waals surface area (Å²) in [5.74, 6) is 0.793. The molecule has 0 saturated carbocycles. The number of hydrogen-bond donors (Lipinski definition) is 2. The van der Waals surface area contributed by atoms with Crippen LogP contribution in [0.1, 0.15) is 60.8 Å². The molecular weight excluding hydrogens is 196 g/mol. The topological polar surface area (TPSA) is 24.1 Å². The van der Waals surface area contributed by atoms with Crippen LogP contribution in [0.2, 0.25) is 0 Å². The highest BCUT2D eigenvalue weighted by atomic mass is 15.1. The minimum Gasteiger partial charge on any atom is -0.314 e. The lowest BCUT2D eigenvalue weighted by Crippen LogP contribution is -2.61. The van der Waals surface area contributed by atoms with Gasteiger partial charge >= 0.3 is 0 Å². The van der Waals surface area contributed by atoms with E-state index in [2.05, 4.69) is 52.2 Å². The number of rotatable bonds is 4. The molecule has 96 valence electrons. The molecular formula is C14H30N2. The Morgan fingerprint density at radius 1 is 1.19 bits per heavy atom. The Morgan fingerprint density at radius 3 is 2.12 bits per heavy atom. The van der Waals surface area contributed by atoms with Crippen molar-refractivity contribution in [3.63, 3.8) is 0 Å². The van der Waals surface area contributed by atoms with E-state index < -0.39 is 0 Å². The first-order valence-corrected chi connectivity index (χ1v) is 6.77. The first kappa shape index (κ1) is 14.0. The second kappa shape index (κ2) is 5.05. The number of hydrogen-bond acceptors (Lipinski definition) is 2. The summed E-state index contributed by atoms with van der Waals surface area (Å²) < 4.78 is 0. The second-order valence-electron chi connectivity index (χ2n) is 6.92. The highest BCUT2D eigenvalue weighted by molar-refractivity contribution is 4.99. The van der Waals surface area contributed by atoms with Gasteiger partial charge in [-0.15, -0.1) is 0 Å². The van der Waals surface area contributed by atoms with E-state index in [0.29, 0.717) is 6.04 Å². The fraction of sp³-hybridized carbons (Fsp3) is 1.00. The van der Waals surface area contributed by atoms with Crippen molar-refractivity contribution in [3.05, 3.63) is 0 Å². The lowest BCUT2D eigenvalue weighted by Gasteiger charge is -2.47. The van der Waals surface area contributed by atoms with Crippen LogP contribution in [0.3, 0.4) is 0 Å². The molecule has 1 unspecified atom stereocenters. The van der Waals surface area contributed by atoms with Crippen LogP contribution >= 0.6 is 0 Å². The lowest BCUT2D eigenvalue weighted by atomic mass is 9.79. The predicted octanol–water partition coefficient (Wildman–Crippen LogP) is 2.93. The molecule has 0 spiro atoms. The van der Waals surface area contributed by atoms with Gasteiger partial charge in [0, 0.05) is 17.1 Å². The van der Waals surface area contributed by atoms with Crippen LogP contribution in [0, 0.1) is 5.92 Å². The zero-order valence-electron chi connectivity index (χ0n) is 12.0. The Morgan fingerprint density at radius 2 is 1.69 bits per heavy atom. The standard InChI is InChI=1S/C14H30N2/c1-7-11(2)10-15-12-8-13(3,4)16-14(5,6)9-12/h11-12,15-16H,7-10H2,1-6H3. The third-order valence-corrected chi connectivity index (χ3v) is 3.64. The van der Waals surface area contributed by atoms with Gasteiger partial charge in [-0.1, -0.05) is 20.3 Å². The number of nitrogens with one attached hydrogen (secondary N) is 2. The van der Waals surface area contributed by atoms with Crippen molar-refractivity contribution in [1.82, 2.24) is 10.6 Å². The Balaban J connectivity index is 2.48. The molecule has 2 N–H and O–H groups in total. The van der Waals surface area contributed by atoms with Crippen molar-refractivity contribution in [2.45, 2.75) is 77.9 Å². The predicted molar refractivity (Wildman–Crippen MR) is 71.8 cm³/mol. The molecule has 1 rings (SSSR count). The zero-order valence-corrected chi connectivity index (χ0v) is 12.0. The molecule has 1 fully saturated rings.